The predicted molar refractivity (Wildman–Crippen MR) is 76.3 cm³/mol. The molecular formula is C15H19NOSi. The first-order valence-corrected chi connectivity index (χ1v) is 9.64. The van der Waals surface area contributed by atoms with E-state index in [4.69, 9.17) is 5.26 Å². The van der Waals surface area contributed by atoms with Gasteiger partial charge in [-0.2, -0.15) is 5.26 Å². The normalized spacial score (nSPS) is 23.4. The van der Waals surface area contributed by atoms with E-state index in [1.165, 1.54) is 0 Å². The van der Waals surface area contributed by atoms with Gasteiger partial charge in [0, 0.05) is 0 Å². The largest absolute Gasteiger partial charge is 0.288 e. The molecule has 1 atom stereocenters. The molecule has 3 heteroatoms. The Morgan fingerprint density at radius 1 is 1.39 bits per heavy atom. The lowest BCUT2D eigenvalue weighted by Gasteiger charge is -2.28. The van der Waals surface area contributed by atoms with Gasteiger partial charge in [-0.25, -0.2) is 0 Å². The molecule has 0 bridgehead atoms. The minimum atomic E-state index is -1.47. The Bertz CT molecular complexity index is 532. The molecule has 18 heavy (non-hydrogen) atoms. The first kappa shape index (κ1) is 14.5. The van der Waals surface area contributed by atoms with Crippen molar-refractivity contribution in [3.63, 3.8) is 0 Å². The van der Waals surface area contributed by atoms with E-state index in [9.17, 15) is 4.79 Å². The van der Waals surface area contributed by atoms with Crippen LogP contribution in [0.1, 0.15) is 20.3 Å². The zero-order chi connectivity index (χ0) is 14.0. The van der Waals surface area contributed by atoms with E-state index in [2.05, 4.69) is 31.1 Å². The molecule has 0 spiro atoms. The van der Waals surface area contributed by atoms with Crippen molar-refractivity contribution in [3.8, 4) is 17.5 Å². The van der Waals surface area contributed by atoms with Gasteiger partial charge in [-0.1, -0.05) is 32.5 Å². The molecule has 94 valence electrons. The van der Waals surface area contributed by atoms with Crippen molar-refractivity contribution in [2.75, 3.05) is 0 Å². The van der Waals surface area contributed by atoms with Crippen LogP contribution in [0.25, 0.3) is 0 Å². The molecular weight excluding hydrogens is 238 g/mol. The number of carbonyl (C=O) groups excluding carboxylic acids is 1. The maximum Gasteiger partial charge on any atom is 0.196 e. The van der Waals surface area contributed by atoms with E-state index < -0.39 is 13.5 Å². The average Bonchev–Trinajstić information content (AvgIpc) is 2.27. The number of allylic oxidation sites excluding steroid dienone is 4. The fourth-order valence-electron chi connectivity index (χ4n) is 1.82. The van der Waals surface area contributed by atoms with Crippen LogP contribution < -0.4 is 0 Å². The third-order valence-electron chi connectivity index (χ3n) is 3.05. The van der Waals surface area contributed by atoms with Gasteiger partial charge in [0.2, 0.25) is 0 Å². The van der Waals surface area contributed by atoms with Crippen LogP contribution in [0.15, 0.2) is 23.3 Å². The van der Waals surface area contributed by atoms with Crippen LogP contribution >= 0.6 is 0 Å². The van der Waals surface area contributed by atoms with Crippen LogP contribution in [0.2, 0.25) is 19.6 Å². The second kappa shape index (κ2) is 4.96. The van der Waals surface area contributed by atoms with Gasteiger partial charge in [0.15, 0.2) is 5.78 Å². The van der Waals surface area contributed by atoms with Gasteiger partial charge in [0.25, 0.3) is 0 Å². The third kappa shape index (κ3) is 3.00. The Kier molecular flexibility index (Phi) is 3.99. The highest BCUT2D eigenvalue weighted by Crippen LogP contribution is 2.36. The molecule has 0 heterocycles. The van der Waals surface area contributed by atoms with Gasteiger partial charge in [0.1, 0.15) is 14.1 Å². The molecule has 0 aromatic carbocycles. The molecule has 0 radical (unpaired) electrons. The highest BCUT2D eigenvalue weighted by Gasteiger charge is 2.32. The van der Waals surface area contributed by atoms with E-state index in [1.54, 1.807) is 12.2 Å². The minimum absolute atomic E-state index is 0.200. The Labute approximate surface area is 110 Å². The summed E-state index contributed by atoms with van der Waals surface area (Å²) in [5.41, 5.74) is 4.08. The second-order valence-corrected chi connectivity index (χ2v) is 10.4. The highest BCUT2D eigenvalue weighted by atomic mass is 28.3. The van der Waals surface area contributed by atoms with E-state index in [1.807, 2.05) is 19.9 Å². The van der Waals surface area contributed by atoms with Crippen LogP contribution in [0.5, 0.6) is 0 Å². The third-order valence-corrected chi connectivity index (χ3v) is 3.92. The maximum absolute atomic E-state index is 11.6. The summed E-state index contributed by atoms with van der Waals surface area (Å²) in [5, 5.41) is 9.00. The Morgan fingerprint density at radius 3 is 2.44 bits per heavy atom. The first-order chi connectivity index (χ1) is 8.24. The fraction of sp³-hybridized carbons (Fsp3) is 0.467. The number of carbonyl (C=O) groups is 1. The standard InChI is InChI=1S/C15H19NOSi/c1-6-15(7-8-18(3,4)5)10-13(11-16)14(17)9-12(15)2/h9-10H,6H2,1-5H3/t15-/m1/s1. The summed E-state index contributed by atoms with van der Waals surface area (Å²) in [5.74, 6) is 3.12. The maximum atomic E-state index is 11.6. The van der Waals surface area contributed by atoms with Gasteiger partial charge in [-0.3, -0.25) is 4.79 Å². The zero-order valence-corrected chi connectivity index (χ0v) is 12.7. The number of hydrogen-bond donors (Lipinski definition) is 0. The zero-order valence-electron chi connectivity index (χ0n) is 11.7. The molecule has 2 nitrogen and oxygen atoms in total. The number of ketones is 1. The molecule has 0 aromatic heterocycles. The van der Waals surface area contributed by atoms with Crippen LogP contribution in [0, 0.1) is 28.2 Å². The molecule has 0 fully saturated rings. The Balaban J connectivity index is 3.34. The molecule has 0 aromatic rings. The molecule has 0 N–H and O–H groups in total. The molecule has 1 rings (SSSR count). The molecule has 0 aliphatic heterocycles. The number of nitriles is 1. The van der Waals surface area contributed by atoms with Crippen LogP contribution in [0.4, 0.5) is 0 Å². The number of rotatable bonds is 1. The lowest BCUT2D eigenvalue weighted by atomic mass is 9.74. The van der Waals surface area contributed by atoms with Crippen LogP contribution in [-0.2, 0) is 4.79 Å². The fourth-order valence-corrected chi connectivity index (χ4v) is 2.42. The topological polar surface area (TPSA) is 40.9 Å². The van der Waals surface area contributed by atoms with Crippen molar-refractivity contribution >= 4 is 13.9 Å². The summed E-state index contributed by atoms with van der Waals surface area (Å²) in [6.45, 7) is 10.5. The predicted octanol–water partition coefficient (Wildman–Crippen LogP) is 3.24. The van der Waals surface area contributed by atoms with Crippen molar-refractivity contribution in [1.29, 1.82) is 5.26 Å². The SMILES string of the molecule is CC[C@@]1(C#C[Si](C)(C)C)C=C(C#N)C(=O)C=C1C. The second-order valence-electron chi connectivity index (χ2n) is 5.69. The summed E-state index contributed by atoms with van der Waals surface area (Å²) >= 11 is 0. The average molecular weight is 257 g/mol. The van der Waals surface area contributed by atoms with Gasteiger partial charge in [-0.15, -0.1) is 5.54 Å². The summed E-state index contributed by atoms with van der Waals surface area (Å²) in [4.78, 5) is 11.6. The van der Waals surface area contributed by atoms with Crippen molar-refractivity contribution in [3.05, 3.63) is 23.3 Å². The van der Waals surface area contributed by atoms with E-state index in [0.717, 1.165) is 12.0 Å². The Hall–Kier alpha value is -1.58. The lowest BCUT2D eigenvalue weighted by Crippen LogP contribution is -2.25. The summed E-state index contributed by atoms with van der Waals surface area (Å²) in [6.07, 6.45) is 4.09. The van der Waals surface area contributed by atoms with Crippen LogP contribution in [0.3, 0.4) is 0 Å². The van der Waals surface area contributed by atoms with E-state index in [0.29, 0.717) is 0 Å². The number of nitrogens with zero attached hydrogens (tertiary/aromatic N) is 1. The minimum Gasteiger partial charge on any atom is -0.288 e. The van der Waals surface area contributed by atoms with Crippen molar-refractivity contribution in [2.45, 2.75) is 39.9 Å². The van der Waals surface area contributed by atoms with Gasteiger partial charge >= 0.3 is 0 Å². The molecule has 1 aliphatic carbocycles. The molecule has 0 unspecified atom stereocenters. The lowest BCUT2D eigenvalue weighted by molar-refractivity contribution is -0.111. The number of hydrogen-bond acceptors (Lipinski definition) is 2. The van der Waals surface area contributed by atoms with E-state index >= 15 is 0 Å². The molecule has 0 saturated carbocycles. The summed E-state index contributed by atoms with van der Waals surface area (Å²) in [7, 11) is -1.47. The molecule has 0 amide bonds. The monoisotopic (exact) mass is 257 g/mol. The Morgan fingerprint density at radius 2 is 2.00 bits per heavy atom. The smallest absolute Gasteiger partial charge is 0.196 e. The highest BCUT2D eigenvalue weighted by molar-refractivity contribution is 6.83. The summed E-state index contributed by atoms with van der Waals surface area (Å²) < 4.78 is 0. The van der Waals surface area contributed by atoms with Gasteiger partial charge in [-0.05, 0) is 31.1 Å². The molecule has 0 saturated heterocycles. The summed E-state index contributed by atoms with van der Waals surface area (Å²) in [6, 6.07) is 1.97. The van der Waals surface area contributed by atoms with Crippen molar-refractivity contribution in [1.82, 2.24) is 0 Å². The van der Waals surface area contributed by atoms with Crippen LogP contribution in [-0.4, -0.2) is 13.9 Å². The van der Waals surface area contributed by atoms with Gasteiger partial charge in [0.05, 0.1) is 11.0 Å². The first-order valence-electron chi connectivity index (χ1n) is 6.14. The quantitative estimate of drug-likeness (QED) is 0.534. The van der Waals surface area contributed by atoms with E-state index in [-0.39, 0.29) is 11.4 Å². The van der Waals surface area contributed by atoms with Crippen molar-refractivity contribution < 1.29 is 4.79 Å². The molecule has 1 aliphatic rings. The van der Waals surface area contributed by atoms with Crippen molar-refractivity contribution in [2.24, 2.45) is 5.41 Å². The van der Waals surface area contributed by atoms with Gasteiger partial charge < -0.3 is 0 Å².